The number of ketones is 1. The number of hydrogen-bond donors (Lipinski definition) is 7. The predicted octanol–water partition coefficient (Wildman–Crippen LogP) is 2.13. The fourth-order valence-corrected chi connectivity index (χ4v) is 4.00. The van der Waals surface area contributed by atoms with Crippen LogP contribution in [-0.2, 0) is 25.6 Å². The number of carboxylic acids is 2. The van der Waals surface area contributed by atoms with Crippen molar-refractivity contribution in [2.75, 3.05) is 23.7 Å². The van der Waals surface area contributed by atoms with Gasteiger partial charge in [0, 0.05) is 30.9 Å². The van der Waals surface area contributed by atoms with E-state index < -0.39 is 29.3 Å². The number of carbonyl (C=O) groups excluding carboxylic acids is 3. The quantitative estimate of drug-likeness (QED) is 0.214. The third-order valence-corrected chi connectivity index (χ3v) is 6.09. The summed E-state index contributed by atoms with van der Waals surface area (Å²) >= 11 is 0. The smallest absolute Gasteiger partial charge is 0.331 e. The van der Waals surface area contributed by atoms with E-state index in [1.165, 1.54) is 0 Å². The van der Waals surface area contributed by atoms with E-state index >= 15 is 0 Å². The molecule has 2 atom stereocenters. The average molecular weight is 556 g/mol. The Kier molecular flexibility index (Phi) is 11.8. The monoisotopic (exact) mass is 555 g/mol. The van der Waals surface area contributed by atoms with Crippen LogP contribution < -0.4 is 27.0 Å². The summed E-state index contributed by atoms with van der Waals surface area (Å²) in [7, 11) is 0. The summed E-state index contributed by atoms with van der Waals surface area (Å²) in [6, 6.07) is 13.1. The molecule has 1 aliphatic heterocycles. The molecule has 2 aromatic rings. The van der Waals surface area contributed by atoms with Gasteiger partial charge in [-0.1, -0.05) is 44.2 Å². The number of benzene rings is 2. The van der Waals surface area contributed by atoms with E-state index in [2.05, 4.69) is 21.3 Å². The summed E-state index contributed by atoms with van der Waals surface area (Å²) in [4.78, 5) is 57.3. The predicted molar refractivity (Wildman–Crippen MR) is 150 cm³/mol. The number of rotatable bonds is 10. The van der Waals surface area contributed by atoms with Gasteiger partial charge >= 0.3 is 18.0 Å². The van der Waals surface area contributed by atoms with Crippen LogP contribution in [0.3, 0.4) is 0 Å². The van der Waals surface area contributed by atoms with Crippen molar-refractivity contribution in [1.29, 1.82) is 0 Å². The molecule has 2 aromatic carbocycles. The van der Waals surface area contributed by atoms with Gasteiger partial charge in [-0.3, -0.25) is 14.4 Å². The van der Waals surface area contributed by atoms with Gasteiger partial charge in [0.2, 0.25) is 5.91 Å². The van der Waals surface area contributed by atoms with Crippen LogP contribution in [0.4, 0.5) is 16.2 Å². The number of para-hydroxylation sites is 1. The molecule has 0 aromatic heterocycles. The summed E-state index contributed by atoms with van der Waals surface area (Å²) in [5.41, 5.74) is 6.83. The number of aliphatic carboxylic acids is 2. The Labute approximate surface area is 232 Å². The van der Waals surface area contributed by atoms with Gasteiger partial charge in [-0.15, -0.1) is 0 Å². The van der Waals surface area contributed by atoms with Gasteiger partial charge in [-0.05, 0) is 48.6 Å². The summed E-state index contributed by atoms with van der Waals surface area (Å²) in [5.74, 6) is -3.07. The summed E-state index contributed by atoms with van der Waals surface area (Å²) in [5, 5.41) is 28.6. The lowest BCUT2D eigenvalue weighted by atomic mass is 9.83. The molecular weight excluding hydrogens is 518 g/mol. The van der Waals surface area contributed by atoms with Crippen molar-refractivity contribution >= 4 is 41.0 Å². The topological polar surface area (TPSA) is 200 Å². The Bertz CT molecular complexity index is 1220. The van der Waals surface area contributed by atoms with Gasteiger partial charge in [0.1, 0.15) is 0 Å². The SMILES string of the molecule is Cc1ccccc1NC(=O)Nc1ccc(CC(=O)[C@](N)(CC(C)C)C(=O)O)cc1.O=C(O)CC1NCCNC1=O. The third kappa shape index (κ3) is 9.79. The number of nitrogens with two attached hydrogens (primary N) is 1. The molecule has 1 aliphatic rings. The largest absolute Gasteiger partial charge is 0.481 e. The zero-order valence-electron chi connectivity index (χ0n) is 22.8. The molecule has 1 saturated heterocycles. The van der Waals surface area contributed by atoms with E-state index in [9.17, 15) is 29.1 Å². The number of nitrogens with one attached hydrogen (secondary N) is 4. The number of anilines is 2. The molecule has 3 rings (SSSR count). The van der Waals surface area contributed by atoms with E-state index in [0.717, 1.165) is 5.56 Å². The highest BCUT2D eigenvalue weighted by Crippen LogP contribution is 2.20. The minimum absolute atomic E-state index is 0.0293. The molecule has 8 N–H and O–H groups in total. The molecule has 40 heavy (non-hydrogen) atoms. The first-order chi connectivity index (χ1) is 18.8. The average Bonchev–Trinajstić information content (AvgIpc) is 2.87. The number of urea groups is 1. The first-order valence-electron chi connectivity index (χ1n) is 12.8. The zero-order chi connectivity index (χ0) is 29.9. The highest BCUT2D eigenvalue weighted by molar-refractivity contribution is 6.08. The van der Waals surface area contributed by atoms with E-state index in [-0.39, 0.29) is 37.1 Å². The third-order valence-electron chi connectivity index (χ3n) is 6.09. The first kappa shape index (κ1) is 31.9. The number of Topliss-reactive ketones (excluding diaryl/α,β-unsaturated/α-hetero) is 1. The fraction of sp³-hybridized carbons (Fsp3) is 0.393. The molecule has 0 bridgehead atoms. The van der Waals surface area contributed by atoms with E-state index in [1.807, 2.05) is 45.0 Å². The number of carbonyl (C=O) groups is 5. The molecule has 12 heteroatoms. The van der Waals surface area contributed by atoms with Crippen LogP contribution in [-0.4, -0.2) is 64.5 Å². The lowest BCUT2D eigenvalue weighted by Gasteiger charge is -2.25. The van der Waals surface area contributed by atoms with Crippen LogP contribution in [0.2, 0.25) is 0 Å². The molecule has 0 spiro atoms. The lowest BCUT2D eigenvalue weighted by molar-refractivity contribution is -0.149. The molecule has 1 heterocycles. The van der Waals surface area contributed by atoms with Crippen molar-refractivity contribution in [3.63, 3.8) is 0 Å². The van der Waals surface area contributed by atoms with E-state index in [1.54, 1.807) is 24.3 Å². The molecule has 216 valence electrons. The maximum absolute atomic E-state index is 12.5. The van der Waals surface area contributed by atoms with Gasteiger partial charge in [-0.25, -0.2) is 9.59 Å². The van der Waals surface area contributed by atoms with Crippen LogP contribution >= 0.6 is 0 Å². The summed E-state index contributed by atoms with van der Waals surface area (Å²) in [6.07, 6.45) is -0.170. The van der Waals surface area contributed by atoms with Crippen LogP contribution in [0.1, 0.15) is 37.8 Å². The standard InChI is InChI=1S/C22H27N3O4.C6H10N2O3/c1-14(2)13-22(23,20(27)28)19(26)12-16-8-10-17(11-9-16)24-21(29)25-18-7-5-4-6-15(18)3;9-5(10)3-4-6(11)8-2-1-7-4/h4-11,14H,12-13,23H2,1-3H3,(H,27,28)(H2,24,25,29);4,7H,1-3H2,(H,8,11)(H,9,10)/t22-;/m1./s1. The summed E-state index contributed by atoms with van der Waals surface area (Å²) in [6.45, 7) is 6.76. The van der Waals surface area contributed by atoms with Crippen LogP contribution in [0, 0.1) is 12.8 Å². The van der Waals surface area contributed by atoms with E-state index in [4.69, 9.17) is 10.8 Å². The molecule has 0 aliphatic carbocycles. The molecule has 1 fully saturated rings. The second-order valence-corrected chi connectivity index (χ2v) is 9.96. The van der Waals surface area contributed by atoms with Gasteiger partial charge in [-0.2, -0.15) is 0 Å². The number of piperazine rings is 1. The highest BCUT2D eigenvalue weighted by atomic mass is 16.4. The molecule has 0 saturated carbocycles. The second kappa shape index (κ2) is 14.8. The zero-order valence-corrected chi connectivity index (χ0v) is 22.8. The molecular formula is C28H37N5O7. The molecule has 3 amide bonds. The number of carboxylic acid groups (broad SMARTS) is 2. The molecule has 0 radical (unpaired) electrons. The lowest BCUT2D eigenvalue weighted by Crippen LogP contribution is -2.56. The van der Waals surface area contributed by atoms with Crippen molar-refractivity contribution in [2.45, 2.75) is 51.6 Å². The fourth-order valence-electron chi connectivity index (χ4n) is 4.00. The van der Waals surface area contributed by atoms with Gasteiger partial charge < -0.3 is 37.2 Å². The first-order valence-corrected chi connectivity index (χ1v) is 12.8. The van der Waals surface area contributed by atoms with Crippen molar-refractivity contribution in [3.8, 4) is 0 Å². The van der Waals surface area contributed by atoms with Crippen LogP contribution in [0.15, 0.2) is 48.5 Å². The van der Waals surface area contributed by atoms with Gasteiger partial charge in [0.05, 0.1) is 12.5 Å². The minimum atomic E-state index is -1.90. The number of amides is 3. The Hall–Kier alpha value is -4.29. The number of hydrogen-bond acceptors (Lipinski definition) is 7. The highest BCUT2D eigenvalue weighted by Gasteiger charge is 2.41. The Balaban J connectivity index is 0.000000425. The van der Waals surface area contributed by atoms with E-state index in [0.29, 0.717) is 30.0 Å². The Morgan fingerprint density at radius 3 is 2.23 bits per heavy atom. The normalized spacial score (nSPS) is 16.0. The number of aryl methyl sites for hydroxylation is 1. The maximum atomic E-state index is 12.5. The molecule has 12 nitrogen and oxygen atoms in total. The van der Waals surface area contributed by atoms with Gasteiger partial charge in [0.25, 0.3) is 0 Å². The van der Waals surface area contributed by atoms with Crippen LogP contribution in [0.5, 0.6) is 0 Å². The van der Waals surface area contributed by atoms with Crippen molar-refractivity contribution in [1.82, 2.24) is 10.6 Å². The maximum Gasteiger partial charge on any atom is 0.331 e. The van der Waals surface area contributed by atoms with Crippen LogP contribution in [0.25, 0.3) is 0 Å². The molecule has 1 unspecified atom stereocenters. The second-order valence-electron chi connectivity index (χ2n) is 9.96. The van der Waals surface area contributed by atoms with Crippen molar-refractivity contribution < 1.29 is 34.2 Å². The Morgan fingerprint density at radius 1 is 1.02 bits per heavy atom. The minimum Gasteiger partial charge on any atom is -0.481 e. The van der Waals surface area contributed by atoms with Gasteiger partial charge in [0.15, 0.2) is 11.3 Å². The summed E-state index contributed by atoms with van der Waals surface area (Å²) < 4.78 is 0. The Morgan fingerprint density at radius 2 is 1.68 bits per heavy atom. The van der Waals surface area contributed by atoms with Crippen molar-refractivity contribution in [3.05, 3.63) is 59.7 Å². The van der Waals surface area contributed by atoms with Crippen molar-refractivity contribution in [2.24, 2.45) is 11.7 Å².